The number of nitrogens with zero attached hydrogens (tertiary/aromatic N) is 1. The Balaban J connectivity index is 2.31. The monoisotopic (exact) mass is 247 g/mol. The van der Waals surface area contributed by atoms with Crippen LogP contribution in [0.15, 0.2) is 18.2 Å². The van der Waals surface area contributed by atoms with Crippen LogP contribution in [0, 0.1) is 6.92 Å². The van der Waals surface area contributed by atoms with E-state index in [0.717, 1.165) is 29.8 Å². The van der Waals surface area contributed by atoms with Crippen molar-refractivity contribution in [2.24, 2.45) is 5.73 Å². The molecule has 0 aliphatic heterocycles. The van der Waals surface area contributed by atoms with Crippen LogP contribution in [0.2, 0.25) is 0 Å². The molecule has 1 aliphatic carbocycles. The number of benzene rings is 1. The minimum absolute atomic E-state index is 0.273. The summed E-state index contributed by atoms with van der Waals surface area (Å²) in [6, 6.07) is 6.23. The minimum atomic E-state index is -0.288. The molecule has 98 valence electrons. The van der Waals surface area contributed by atoms with Crippen LogP contribution >= 0.6 is 0 Å². The van der Waals surface area contributed by atoms with E-state index in [2.05, 4.69) is 4.90 Å². The van der Waals surface area contributed by atoms with Crippen LogP contribution in [0.1, 0.15) is 31.2 Å². The standard InChI is InChI=1S/C14H21N3O/c1-10-6-7-11(15)8-13(10)17(9-14(16)18)12-4-2-3-5-12/h6-8,12H,2-5,9,15H2,1H3,(H2,16,18). The van der Waals surface area contributed by atoms with E-state index in [1.807, 2.05) is 25.1 Å². The number of nitrogen functional groups attached to an aromatic ring is 1. The Morgan fingerprint density at radius 2 is 2.06 bits per heavy atom. The second-order valence-corrected chi connectivity index (χ2v) is 5.08. The minimum Gasteiger partial charge on any atom is -0.399 e. The fraction of sp³-hybridized carbons (Fsp3) is 0.500. The van der Waals surface area contributed by atoms with E-state index < -0.39 is 0 Å². The van der Waals surface area contributed by atoms with Crippen molar-refractivity contribution in [2.75, 3.05) is 17.2 Å². The Morgan fingerprint density at radius 1 is 1.39 bits per heavy atom. The van der Waals surface area contributed by atoms with Crippen LogP contribution in [-0.4, -0.2) is 18.5 Å². The van der Waals surface area contributed by atoms with E-state index in [9.17, 15) is 4.79 Å². The first kappa shape index (κ1) is 12.7. The second-order valence-electron chi connectivity index (χ2n) is 5.08. The lowest BCUT2D eigenvalue weighted by Gasteiger charge is -2.31. The van der Waals surface area contributed by atoms with Gasteiger partial charge < -0.3 is 16.4 Å². The van der Waals surface area contributed by atoms with Crippen LogP contribution in [0.3, 0.4) is 0 Å². The van der Waals surface area contributed by atoms with Crippen molar-refractivity contribution < 1.29 is 4.79 Å². The summed E-state index contributed by atoms with van der Waals surface area (Å²) in [5.41, 5.74) is 14.1. The topological polar surface area (TPSA) is 72.3 Å². The second kappa shape index (κ2) is 5.29. The van der Waals surface area contributed by atoms with E-state index in [-0.39, 0.29) is 12.5 Å². The maximum atomic E-state index is 11.3. The number of hydrogen-bond acceptors (Lipinski definition) is 3. The molecule has 0 atom stereocenters. The summed E-state index contributed by atoms with van der Waals surface area (Å²) in [4.78, 5) is 13.4. The Morgan fingerprint density at radius 3 is 2.67 bits per heavy atom. The van der Waals surface area contributed by atoms with Crippen molar-refractivity contribution in [3.63, 3.8) is 0 Å². The largest absolute Gasteiger partial charge is 0.399 e. The molecule has 4 N–H and O–H groups in total. The smallest absolute Gasteiger partial charge is 0.236 e. The molecular weight excluding hydrogens is 226 g/mol. The fourth-order valence-corrected chi connectivity index (χ4v) is 2.73. The predicted molar refractivity (Wildman–Crippen MR) is 74.4 cm³/mol. The first-order chi connectivity index (χ1) is 8.58. The molecule has 2 rings (SSSR count). The maximum Gasteiger partial charge on any atom is 0.236 e. The quantitative estimate of drug-likeness (QED) is 0.797. The van der Waals surface area contributed by atoms with E-state index >= 15 is 0 Å². The van der Waals surface area contributed by atoms with Crippen LogP contribution in [0.5, 0.6) is 0 Å². The first-order valence-electron chi connectivity index (χ1n) is 6.49. The fourth-order valence-electron chi connectivity index (χ4n) is 2.73. The van der Waals surface area contributed by atoms with Gasteiger partial charge in [-0.05, 0) is 37.5 Å². The molecule has 18 heavy (non-hydrogen) atoms. The lowest BCUT2D eigenvalue weighted by Crippen LogP contribution is -2.40. The molecule has 0 bridgehead atoms. The number of rotatable bonds is 4. The molecule has 0 unspecified atom stereocenters. The molecule has 0 heterocycles. The van der Waals surface area contributed by atoms with Crippen LogP contribution in [-0.2, 0) is 4.79 Å². The molecule has 4 heteroatoms. The van der Waals surface area contributed by atoms with E-state index in [4.69, 9.17) is 11.5 Å². The Bertz CT molecular complexity index is 439. The first-order valence-corrected chi connectivity index (χ1v) is 6.49. The van der Waals surface area contributed by atoms with Crippen molar-refractivity contribution >= 4 is 17.3 Å². The summed E-state index contributed by atoms with van der Waals surface area (Å²) in [5, 5.41) is 0. The van der Waals surface area contributed by atoms with Gasteiger partial charge in [-0.3, -0.25) is 4.79 Å². The van der Waals surface area contributed by atoms with Crippen molar-refractivity contribution in [1.29, 1.82) is 0 Å². The molecular formula is C14H21N3O. The molecule has 0 spiro atoms. The highest BCUT2D eigenvalue weighted by Crippen LogP contribution is 2.31. The van der Waals surface area contributed by atoms with Gasteiger partial charge in [0.15, 0.2) is 0 Å². The Kier molecular flexibility index (Phi) is 3.75. The Hall–Kier alpha value is -1.71. The predicted octanol–water partition coefficient (Wildman–Crippen LogP) is 1.81. The molecule has 1 amide bonds. The van der Waals surface area contributed by atoms with Crippen LogP contribution < -0.4 is 16.4 Å². The molecule has 1 aromatic rings. The normalized spacial score (nSPS) is 15.8. The number of aryl methyl sites for hydroxylation is 1. The summed E-state index contributed by atoms with van der Waals surface area (Å²) in [6.07, 6.45) is 4.70. The number of hydrogen-bond donors (Lipinski definition) is 2. The van der Waals surface area contributed by atoms with Gasteiger partial charge in [0.2, 0.25) is 5.91 Å². The van der Waals surface area contributed by atoms with Gasteiger partial charge >= 0.3 is 0 Å². The summed E-state index contributed by atoms with van der Waals surface area (Å²) >= 11 is 0. The lowest BCUT2D eigenvalue weighted by atomic mass is 10.1. The lowest BCUT2D eigenvalue weighted by molar-refractivity contribution is -0.116. The zero-order chi connectivity index (χ0) is 13.1. The number of primary amides is 1. The number of carbonyl (C=O) groups excluding carboxylic acids is 1. The zero-order valence-corrected chi connectivity index (χ0v) is 10.9. The Labute approximate surface area is 108 Å². The van der Waals surface area contributed by atoms with E-state index in [1.165, 1.54) is 12.8 Å². The molecule has 1 aromatic carbocycles. The third-order valence-electron chi connectivity index (χ3n) is 3.63. The molecule has 4 nitrogen and oxygen atoms in total. The van der Waals surface area contributed by atoms with Crippen molar-refractivity contribution in [3.8, 4) is 0 Å². The third-order valence-corrected chi connectivity index (χ3v) is 3.63. The average molecular weight is 247 g/mol. The van der Waals surface area contributed by atoms with Gasteiger partial charge in [0, 0.05) is 17.4 Å². The summed E-state index contributed by atoms with van der Waals surface area (Å²) < 4.78 is 0. The van der Waals surface area contributed by atoms with Crippen LogP contribution in [0.25, 0.3) is 0 Å². The highest BCUT2D eigenvalue weighted by Gasteiger charge is 2.25. The van der Waals surface area contributed by atoms with E-state index in [0.29, 0.717) is 6.04 Å². The maximum absolute atomic E-state index is 11.3. The van der Waals surface area contributed by atoms with E-state index in [1.54, 1.807) is 0 Å². The highest BCUT2D eigenvalue weighted by molar-refractivity contribution is 5.80. The summed E-state index contributed by atoms with van der Waals surface area (Å²) in [5.74, 6) is -0.288. The number of nitrogens with two attached hydrogens (primary N) is 2. The van der Waals surface area contributed by atoms with Crippen LogP contribution in [0.4, 0.5) is 11.4 Å². The number of carbonyl (C=O) groups is 1. The van der Waals surface area contributed by atoms with Gasteiger partial charge in [-0.1, -0.05) is 18.9 Å². The highest BCUT2D eigenvalue weighted by atomic mass is 16.1. The van der Waals surface area contributed by atoms with Gasteiger partial charge in [0.1, 0.15) is 0 Å². The van der Waals surface area contributed by atoms with Gasteiger partial charge in [-0.2, -0.15) is 0 Å². The molecule has 1 fully saturated rings. The number of anilines is 2. The van der Waals surface area contributed by atoms with Gasteiger partial charge in [0.25, 0.3) is 0 Å². The third kappa shape index (κ3) is 2.75. The van der Waals surface area contributed by atoms with Crippen molar-refractivity contribution in [3.05, 3.63) is 23.8 Å². The van der Waals surface area contributed by atoms with Gasteiger partial charge in [-0.15, -0.1) is 0 Å². The zero-order valence-electron chi connectivity index (χ0n) is 10.9. The van der Waals surface area contributed by atoms with Crippen molar-refractivity contribution in [2.45, 2.75) is 38.6 Å². The SMILES string of the molecule is Cc1ccc(N)cc1N(CC(N)=O)C1CCCC1. The van der Waals surface area contributed by atoms with Crippen molar-refractivity contribution in [1.82, 2.24) is 0 Å². The molecule has 0 radical (unpaired) electrons. The molecule has 0 saturated heterocycles. The molecule has 1 aliphatic rings. The molecule has 1 saturated carbocycles. The summed E-state index contributed by atoms with van der Waals surface area (Å²) in [6.45, 7) is 2.31. The summed E-state index contributed by atoms with van der Waals surface area (Å²) in [7, 11) is 0. The number of amides is 1. The molecule has 0 aromatic heterocycles. The van der Waals surface area contributed by atoms with Gasteiger partial charge in [-0.25, -0.2) is 0 Å². The average Bonchev–Trinajstić information content (AvgIpc) is 2.82. The van der Waals surface area contributed by atoms with Gasteiger partial charge in [0.05, 0.1) is 6.54 Å².